The summed E-state index contributed by atoms with van der Waals surface area (Å²) in [4.78, 5) is 17.0. The molecule has 4 heteroatoms. The van der Waals surface area contributed by atoms with E-state index in [2.05, 4.69) is 23.1 Å². The summed E-state index contributed by atoms with van der Waals surface area (Å²) in [6.07, 6.45) is 2.56. The zero-order chi connectivity index (χ0) is 15.8. The molecule has 1 fully saturated rings. The molecule has 1 aliphatic heterocycles. The van der Waals surface area contributed by atoms with Gasteiger partial charge in [-0.15, -0.1) is 0 Å². The monoisotopic (exact) mass is 299 g/mol. The van der Waals surface area contributed by atoms with Gasteiger partial charge in [0.25, 0.3) is 0 Å². The van der Waals surface area contributed by atoms with E-state index < -0.39 is 0 Å². The average Bonchev–Trinajstić information content (AvgIpc) is 2.58. The van der Waals surface area contributed by atoms with Crippen LogP contribution in [0.2, 0.25) is 0 Å². The minimum atomic E-state index is 0.0797. The van der Waals surface area contributed by atoms with Gasteiger partial charge in [0.05, 0.1) is 12.0 Å². The number of benzene rings is 1. The number of piperidine rings is 1. The third-order valence-corrected chi connectivity index (χ3v) is 4.30. The minimum absolute atomic E-state index is 0.0797. The summed E-state index contributed by atoms with van der Waals surface area (Å²) in [5.74, 6) is 0.337. The Balaban J connectivity index is 1.94. The van der Waals surface area contributed by atoms with Crippen molar-refractivity contribution >= 4 is 5.91 Å². The molecule has 1 amide bonds. The first-order valence-electron chi connectivity index (χ1n) is 8.16. The SMILES string of the molecule is CCN(Cc1ccccc1)C(=O)C1CCCN(CCC#N)C1. The topological polar surface area (TPSA) is 47.3 Å². The molecule has 4 nitrogen and oxygen atoms in total. The predicted molar refractivity (Wildman–Crippen MR) is 86.9 cm³/mol. The van der Waals surface area contributed by atoms with Gasteiger partial charge < -0.3 is 9.80 Å². The Morgan fingerprint density at radius 1 is 1.41 bits per heavy atom. The minimum Gasteiger partial charge on any atom is -0.338 e. The smallest absolute Gasteiger partial charge is 0.227 e. The number of nitriles is 1. The lowest BCUT2D eigenvalue weighted by Crippen LogP contribution is -2.44. The Kier molecular flexibility index (Phi) is 6.42. The standard InChI is InChI=1S/C18H25N3O/c1-2-21(14-16-8-4-3-5-9-16)18(22)17-10-6-12-20(15-17)13-7-11-19/h3-5,8-9,17H,2,6-7,10,12-15H2,1H3. The summed E-state index contributed by atoms with van der Waals surface area (Å²) in [6, 6.07) is 12.3. The molecular formula is C18H25N3O. The number of rotatable bonds is 6. The molecule has 22 heavy (non-hydrogen) atoms. The van der Waals surface area contributed by atoms with Crippen LogP contribution in [-0.4, -0.2) is 41.9 Å². The van der Waals surface area contributed by atoms with Crippen molar-refractivity contribution in [2.45, 2.75) is 32.7 Å². The number of hydrogen-bond acceptors (Lipinski definition) is 3. The highest BCUT2D eigenvalue weighted by Crippen LogP contribution is 2.20. The summed E-state index contributed by atoms with van der Waals surface area (Å²) in [5.41, 5.74) is 1.18. The summed E-state index contributed by atoms with van der Waals surface area (Å²) in [5, 5.41) is 8.71. The van der Waals surface area contributed by atoms with E-state index in [0.29, 0.717) is 13.0 Å². The van der Waals surface area contributed by atoms with Crippen molar-refractivity contribution in [3.05, 3.63) is 35.9 Å². The third kappa shape index (κ3) is 4.57. The molecule has 0 aliphatic carbocycles. The third-order valence-electron chi connectivity index (χ3n) is 4.30. The molecular weight excluding hydrogens is 274 g/mol. The Morgan fingerprint density at radius 3 is 2.86 bits per heavy atom. The lowest BCUT2D eigenvalue weighted by atomic mass is 9.96. The van der Waals surface area contributed by atoms with Crippen LogP contribution in [0.5, 0.6) is 0 Å². The first-order valence-corrected chi connectivity index (χ1v) is 8.16. The first kappa shape index (κ1) is 16.5. The lowest BCUT2D eigenvalue weighted by molar-refractivity contribution is -0.137. The van der Waals surface area contributed by atoms with Gasteiger partial charge >= 0.3 is 0 Å². The first-order chi connectivity index (χ1) is 10.7. The summed E-state index contributed by atoms with van der Waals surface area (Å²) >= 11 is 0. The summed E-state index contributed by atoms with van der Waals surface area (Å²) in [7, 11) is 0. The molecule has 0 N–H and O–H groups in total. The van der Waals surface area contributed by atoms with Gasteiger partial charge in [0.2, 0.25) is 5.91 Å². The second-order valence-electron chi connectivity index (χ2n) is 5.89. The van der Waals surface area contributed by atoms with Crippen molar-refractivity contribution < 1.29 is 4.79 Å². The van der Waals surface area contributed by atoms with E-state index in [9.17, 15) is 4.79 Å². The molecule has 1 aromatic rings. The van der Waals surface area contributed by atoms with Crippen molar-refractivity contribution in [3.8, 4) is 6.07 Å². The fraction of sp³-hybridized carbons (Fsp3) is 0.556. The summed E-state index contributed by atoms with van der Waals surface area (Å²) in [6.45, 7) is 6.05. The van der Waals surface area contributed by atoms with Crippen LogP contribution in [-0.2, 0) is 11.3 Å². The van der Waals surface area contributed by atoms with Crippen LogP contribution >= 0.6 is 0 Å². The normalized spacial score (nSPS) is 18.6. The van der Waals surface area contributed by atoms with E-state index in [-0.39, 0.29) is 11.8 Å². The van der Waals surface area contributed by atoms with Crippen LogP contribution in [0.1, 0.15) is 31.7 Å². The molecule has 1 atom stereocenters. The van der Waals surface area contributed by atoms with Crippen LogP contribution in [0.4, 0.5) is 0 Å². The molecule has 1 saturated heterocycles. The number of likely N-dealkylation sites (tertiary alicyclic amines) is 1. The van der Waals surface area contributed by atoms with Gasteiger partial charge in [-0.05, 0) is 31.9 Å². The molecule has 0 saturated carbocycles. The second kappa shape index (κ2) is 8.55. The van der Waals surface area contributed by atoms with Gasteiger partial charge in [-0.25, -0.2) is 0 Å². The Labute approximate surface area is 133 Å². The van der Waals surface area contributed by atoms with Crippen LogP contribution in [0.15, 0.2) is 30.3 Å². The van der Waals surface area contributed by atoms with Crippen molar-refractivity contribution in [3.63, 3.8) is 0 Å². The van der Waals surface area contributed by atoms with Crippen LogP contribution in [0, 0.1) is 17.2 Å². The zero-order valence-electron chi connectivity index (χ0n) is 13.4. The van der Waals surface area contributed by atoms with Crippen LogP contribution in [0.25, 0.3) is 0 Å². The van der Waals surface area contributed by atoms with E-state index in [4.69, 9.17) is 5.26 Å². The van der Waals surface area contributed by atoms with Crippen molar-refractivity contribution in [1.82, 2.24) is 9.80 Å². The van der Waals surface area contributed by atoms with Gasteiger partial charge in [0.1, 0.15) is 0 Å². The molecule has 1 aliphatic rings. The predicted octanol–water partition coefficient (Wildman–Crippen LogP) is 2.66. The van der Waals surface area contributed by atoms with Gasteiger partial charge in [0, 0.05) is 32.6 Å². The van der Waals surface area contributed by atoms with Crippen molar-refractivity contribution in [2.75, 3.05) is 26.2 Å². The van der Waals surface area contributed by atoms with Gasteiger partial charge in [-0.3, -0.25) is 4.79 Å². The maximum absolute atomic E-state index is 12.8. The summed E-state index contributed by atoms with van der Waals surface area (Å²) < 4.78 is 0. The number of nitrogens with zero attached hydrogens (tertiary/aromatic N) is 3. The lowest BCUT2D eigenvalue weighted by Gasteiger charge is -2.34. The van der Waals surface area contributed by atoms with Gasteiger partial charge in [-0.1, -0.05) is 30.3 Å². The number of carbonyl (C=O) groups is 1. The maximum Gasteiger partial charge on any atom is 0.227 e. The Morgan fingerprint density at radius 2 is 2.18 bits per heavy atom. The molecule has 1 unspecified atom stereocenters. The Hall–Kier alpha value is -1.86. The molecule has 118 valence electrons. The van der Waals surface area contributed by atoms with E-state index in [1.165, 1.54) is 5.56 Å². The molecule has 1 heterocycles. The quantitative estimate of drug-likeness (QED) is 0.811. The van der Waals surface area contributed by atoms with E-state index in [1.807, 2.05) is 30.0 Å². The second-order valence-corrected chi connectivity index (χ2v) is 5.89. The molecule has 2 rings (SSSR count). The largest absolute Gasteiger partial charge is 0.338 e. The maximum atomic E-state index is 12.8. The van der Waals surface area contributed by atoms with Gasteiger partial charge in [0.15, 0.2) is 0 Å². The highest BCUT2D eigenvalue weighted by molar-refractivity contribution is 5.79. The molecule has 1 aromatic carbocycles. The molecule has 0 aromatic heterocycles. The fourth-order valence-corrected chi connectivity index (χ4v) is 3.08. The fourth-order valence-electron chi connectivity index (χ4n) is 3.08. The average molecular weight is 299 g/mol. The highest BCUT2D eigenvalue weighted by atomic mass is 16.2. The number of amides is 1. The molecule has 0 radical (unpaired) electrons. The van der Waals surface area contributed by atoms with Crippen LogP contribution in [0.3, 0.4) is 0 Å². The number of hydrogen-bond donors (Lipinski definition) is 0. The van der Waals surface area contributed by atoms with Gasteiger partial charge in [-0.2, -0.15) is 5.26 Å². The van der Waals surface area contributed by atoms with E-state index >= 15 is 0 Å². The molecule has 0 spiro atoms. The van der Waals surface area contributed by atoms with E-state index in [0.717, 1.165) is 39.0 Å². The number of carbonyl (C=O) groups excluding carboxylic acids is 1. The van der Waals surface area contributed by atoms with E-state index in [1.54, 1.807) is 0 Å². The van der Waals surface area contributed by atoms with Crippen molar-refractivity contribution in [2.24, 2.45) is 5.92 Å². The Bertz CT molecular complexity index is 509. The molecule has 0 bridgehead atoms. The van der Waals surface area contributed by atoms with Crippen molar-refractivity contribution in [1.29, 1.82) is 5.26 Å². The zero-order valence-corrected chi connectivity index (χ0v) is 13.4. The van der Waals surface area contributed by atoms with Crippen LogP contribution < -0.4 is 0 Å². The highest BCUT2D eigenvalue weighted by Gasteiger charge is 2.28.